The van der Waals surface area contributed by atoms with Gasteiger partial charge in [0.15, 0.2) is 0 Å². The van der Waals surface area contributed by atoms with Crippen LogP contribution < -0.4 is 21.4 Å². The third-order valence-electron chi connectivity index (χ3n) is 6.73. The molecule has 1 heterocycles. The molecule has 2 aromatic carbocycles. The van der Waals surface area contributed by atoms with Crippen LogP contribution in [0.4, 0.5) is 25.0 Å². The molecule has 1 aliphatic heterocycles. The summed E-state index contributed by atoms with van der Waals surface area (Å²) >= 11 is 0. The summed E-state index contributed by atoms with van der Waals surface area (Å²) in [6, 6.07) is 7.14. The second-order valence-corrected chi connectivity index (χ2v) is 9.82. The predicted molar refractivity (Wildman–Crippen MR) is 145 cm³/mol. The number of carbonyl (C=O) groups is 4. The minimum atomic E-state index is -0.806. The minimum Gasteiger partial charge on any atom is -0.356 e. The van der Waals surface area contributed by atoms with E-state index in [1.54, 1.807) is 12.4 Å². The summed E-state index contributed by atoms with van der Waals surface area (Å²) in [5.74, 6) is -2.62. The summed E-state index contributed by atoms with van der Waals surface area (Å²) in [5.41, 5.74) is 2.18. The number of piperidine rings is 1. The zero-order chi connectivity index (χ0) is 29.1. The molecule has 1 aliphatic rings. The lowest BCUT2D eigenvalue weighted by Crippen LogP contribution is -2.45. The summed E-state index contributed by atoms with van der Waals surface area (Å²) < 4.78 is 28.4. The number of hydrogen-bond acceptors (Lipinski definition) is 5. The van der Waals surface area contributed by atoms with E-state index >= 15 is 0 Å². The number of likely N-dealkylation sites (tertiary alicyclic amines) is 1. The first-order valence-corrected chi connectivity index (χ1v) is 13.3. The number of anilines is 2. The lowest BCUT2D eigenvalue weighted by atomic mass is 9.96. The van der Waals surface area contributed by atoms with Gasteiger partial charge in [-0.2, -0.15) is 0 Å². The highest BCUT2D eigenvalue weighted by molar-refractivity contribution is 6.00. The molecule has 0 aliphatic carbocycles. The van der Waals surface area contributed by atoms with Crippen LogP contribution in [0.3, 0.4) is 0 Å². The van der Waals surface area contributed by atoms with Gasteiger partial charge in [-0.3, -0.25) is 19.6 Å². The van der Waals surface area contributed by atoms with E-state index in [9.17, 15) is 28.0 Å². The molecule has 3 rings (SSSR count). The van der Waals surface area contributed by atoms with Crippen molar-refractivity contribution in [3.63, 3.8) is 0 Å². The maximum atomic E-state index is 14.7. The van der Waals surface area contributed by atoms with Crippen molar-refractivity contribution in [2.75, 3.05) is 30.3 Å². The number of carbonyl (C=O) groups excluding carboxylic acids is 4. The van der Waals surface area contributed by atoms with E-state index in [1.165, 1.54) is 29.2 Å². The Morgan fingerprint density at radius 3 is 2.48 bits per heavy atom. The summed E-state index contributed by atoms with van der Waals surface area (Å²) in [5, 5.41) is 16.1. The molecule has 2 aromatic rings. The van der Waals surface area contributed by atoms with Crippen LogP contribution in [-0.2, 0) is 9.59 Å². The molecule has 5 amide bonds. The van der Waals surface area contributed by atoms with E-state index in [-0.39, 0.29) is 41.7 Å². The number of rotatable bonds is 11. The highest BCUT2D eigenvalue weighted by Crippen LogP contribution is 2.22. The highest BCUT2D eigenvalue weighted by atomic mass is 19.1. The predicted octanol–water partition coefficient (Wildman–Crippen LogP) is 4.34. The first-order chi connectivity index (χ1) is 19.2. The number of aryl methyl sites for hydroxylation is 1. The van der Waals surface area contributed by atoms with E-state index in [0.29, 0.717) is 37.9 Å². The Kier molecular flexibility index (Phi) is 11.4. The zero-order valence-electron chi connectivity index (χ0n) is 22.4. The van der Waals surface area contributed by atoms with Crippen LogP contribution in [0.15, 0.2) is 36.4 Å². The van der Waals surface area contributed by atoms with E-state index < -0.39 is 29.5 Å². The van der Waals surface area contributed by atoms with Gasteiger partial charge >= 0.3 is 6.03 Å². The SMILES string of the molecule is Cc1ccc(NC(=O)Nc2ccc(C(=O)N3CCCC(C(=O)NCCCCCCC(=O)NO)C3)cc2F)cc1F. The van der Waals surface area contributed by atoms with Gasteiger partial charge < -0.3 is 20.9 Å². The van der Waals surface area contributed by atoms with Gasteiger partial charge in [0.2, 0.25) is 11.8 Å². The number of hydroxylamine groups is 1. The third kappa shape index (κ3) is 9.01. The Morgan fingerprint density at radius 1 is 0.975 bits per heavy atom. The molecule has 12 heteroatoms. The van der Waals surface area contributed by atoms with E-state index in [4.69, 9.17) is 5.21 Å². The second kappa shape index (κ2) is 14.9. The van der Waals surface area contributed by atoms with Crippen LogP contribution in [0.5, 0.6) is 0 Å². The van der Waals surface area contributed by atoms with E-state index in [0.717, 1.165) is 31.4 Å². The van der Waals surface area contributed by atoms with E-state index in [2.05, 4.69) is 16.0 Å². The zero-order valence-corrected chi connectivity index (χ0v) is 22.4. The maximum absolute atomic E-state index is 14.7. The monoisotopic (exact) mass is 559 g/mol. The fourth-order valence-corrected chi connectivity index (χ4v) is 4.44. The summed E-state index contributed by atoms with van der Waals surface area (Å²) in [4.78, 5) is 50.4. The van der Waals surface area contributed by atoms with Crippen molar-refractivity contribution in [1.82, 2.24) is 15.7 Å². The molecule has 5 N–H and O–H groups in total. The lowest BCUT2D eigenvalue weighted by molar-refractivity contribution is -0.129. The van der Waals surface area contributed by atoms with Gasteiger partial charge in [-0.15, -0.1) is 0 Å². The number of hydrogen-bond donors (Lipinski definition) is 5. The Bertz CT molecular complexity index is 1230. The number of halogens is 2. The molecule has 10 nitrogen and oxygen atoms in total. The van der Waals surface area contributed by atoms with Crippen molar-refractivity contribution in [1.29, 1.82) is 0 Å². The van der Waals surface area contributed by atoms with Gasteiger partial charge in [0.05, 0.1) is 11.6 Å². The average molecular weight is 560 g/mol. The molecule has 0 spiro atoms. The van der Waals surface area contributed by atoms with Crippen LogP contribution in [0.2, 0.25) is 0 Å². The molecule has 40 heavy (non-hydrogen) atoms. The molecule has 216 valence electrons. The molecule has 0 saturated carbocycles. The molecular weight excluding hydrogens is 524 g/mol. The summed E-state index contributed by atoms with van der Waals surface area (Å²) in [6.07, 6.45) is 4.57. The largest absolute Gasteiger partial charge is 0.356 e. The molecule has 1 fully saturated rings. The van der Waals surface area contributed by atoms with Crippen LogP contribution in [0, 0.1) is 24.5 Å². The molecule has 0 aromatic heterocycles. The number of amides is 5. The summed E-state index contributed by atoms with van der Waals surface area (Å²) in [6.45, 7) is 2.74. The fraction of sp³-hybridized carbons (Fsp3) is 0.429. The van der Waals surface area contributed by atoms with Crippen molar-refractivity contribution in [3.8, 4) is 0 Å². The Hall–Kier alpha value is -4.06. The topological polar surface area (TPSA) is 140 Å². The number of nitrogens with zero attached hydrogens (tertiary/aromatic N) is 1. The molecule has 0 radical (unpaired) electrons. The normalized spacial score (nSPS) is 14.8. The lowest BCUT2D eigenvalue weighted by Gasteiger charge is -2.32. The van der Waals surface area contributed by atoms with Gasteiger partial charge in [0.25, 0.3) is 5.91 Å². The minimum absolute atomic E-state index is 0.0972. The number of unbranched alkanes of at least 4 members (excludes halogenated alkanes) is 3. The first-order valence-electron chi connectivity index (χ1n) is 13.3. The van der Waals surface area contributed by atoms with Crippen molar-refractivity contribution < 1.29 is 33.2 Å². The average Bonchev–Trinajstić information content (AvgIpc) is 2.94. The molecule has 1 unspecified atom stereocenters. The van der Waals surface area contributed by atoms with Gasteiger partial charge in [0.1, 0.15) is 11.6 Å². The summed E-state index contributed by atoms with van der Waals surface area (Å²) in [7, 11) is 0. The van der Waals surface area contributed by atoms with Crippen LogP contribution in [-0.4, -0.2) is 53.5 Å². The first kappa shape index (κ1) is 30.5. The number of urea groups is 1. The fourth-order valence-electron chi connectivity index (χ4n) is 4.44. The van der Waals surface area contributed by atoms with Gasteiger partial charge in [-0.1, -0.05) is 18.9 Å². The molecular formula is C28H35F2N5O5. The Balaban J connectivity index is 1.46. The second-order valence-electron chi connectivity index (χ2n) is 9.82. The third-order valence-corrected chi connectivity index (χ3v) is 6.73. The van der Waals surface area contributed by atoms with Crippen molar-refractivity contribution in [3.05, 3.63) is 59.2 Å². The van der Waals surface area contributed by atoms with Gasteiger partial charge in [0, 0.05) is 37.3 Å². The van der Waals surface area contributed by atoms with E-state index in [1.807, 2.05) is 0 Å². The molecule has 1 atom stereocenters. The highest BCUT2D eigenvalue weighted by Gasteiger charge is 2.29. The van der Waals surface area contributed by atoms with Crippen LogP contribution >= 0.6 is 0 Å². The quantitative estimate of drug-likeness (QED) is 0.158. The Labute approximate surface area is 231 Å². The van der Waals surface area contributed by atoms with Crippen LogP contribution in [0.1, 0.15) is 60.9 Å². The Morgan fingerprint density at radius 2 is 1.75 bits per heavy atom. The smallest absolute Gasteiger partial charge is 0.323 e. The van der Waals surface area contributed by atoms with Crippen molar-refractivity contribution in [2.24, 2.45) is 5.92 Å². The number of benzene rings is 2. The van der Waals surface area contributed by atoms with Crippen molar-refractivity contribution in [2.45, 2.75) is 51.9 Å². The standard InChI is InChI=1S/C28H35F2N5O5/c1-18-9-11-21(16-22(18)29)32-28(39)33-24-12-10-19(15-23(24)30)27(38)35-14-6-7-20(17-35)26(37)31-13-5-3-2-4-8-25(36)34-40/h9-12,15-16,20,40H,2-8,13-14,17H2,1H3,(H,31,37)(H,34,36)(H2,32,33,39). The van der Waals surface area contributed by atoms with Crippen LogP contribution in [0.25, 0.3) is 0 Å². The van der Waals surface area contributed by atoms with Gasteiger partial charge in [-0.25, -0.2) is 19.1 Å². The maximum Gasteiger partial charge on any atom is 0.323 e. The van der Waals surface area contributed by atoms with Crippen molar-refractivity contribution >= 4 is 35.1 Å². The molecule has 1 saturated heterocycles. The molecule has 0 bridgehead atoms. The van der Waals surface area contributed by atoms with Gasteiger partial charge in [-0.05, 0) is 68.5 Å². The number of nitrogens with one attached hydrogen (secondary N) is 4.